The second-order valence-corrected chi connectivity index (χ2v) is 7.83. The van der Waals surface area contributed by atoms with E-state index in [0.717, 1.165) is 57.2 Å². The Hall–Kier alpha value is -1.81. The molecule has 1 saturated heterocycles. The van der Waals surface area contributed by atoms with Crippen molar-refractivity contribution in [2.45, 2.75) is 32.3 Å². The fraction of sp³-hybridized carbons (Fsp3) is 0.565. The molecule has 31 heavy (non-hydrogen) atoms. The molecule has 1 amide bonds. The van der Waals surface area contributed by atoms with Crippen LogP contribution >= 0.6 is 24.0 Å². The molecule has 0 aromatic heterocycles. The SMILES string of the molecule is CCOc1ccc(C2=CCN(C(=NCC(=O)N(C)C)NCC3CCCO3)CC2)cc1.I. The van der Waals surface area contributed by atoms with E-state index in [2.05, 4.69) is 33.4 Å². The van der Waals surface area contributed by atoms with Gasteiger partial charge in [0.15, 0.2) is 5.96 Å². The quantitative estimate of drug-likeness (QED) is 0.326. The predicted octanol–water partition coefficient (Wildman–Crippen LogP) is 3.01. The Kier molecular flexibility index (Phi) is 10.6. The third-order valence-electron chi connectivity index (χ3n) is 5.42. The van der Waals surface area contributed by atoms with Crippen LogP contribution in [-0.4, -0.2) is 81.3 Å². The summed E-state index contributed by atoms with van der Waals surface area (Å²) < 4.78 is 11.3. The van der Waals surface area contributed by atoms with Crippen molar-refractivity contribution >= 4 is 41.4 Å². The topological polar surface area (TPSA) is 66.4 Å². The molecule has 8 heteroatoms. The molecule has 1 unspecified atom stereocenters. The van der Waals surface area contributed by atoms with Crippen LogP contribution in [-0.2, 0) is 9.53 Å². The standard InChI is InChI=1S/C23H34N4O3.HI/c1-4-29-20-9-7-18(8-10-20)19-11-13-27(14-12-19)23(25-17-22(28)26(2)3)24-16-21-6-5-15-30-21;/h7-11,21H,4-6,12-17H2,1-3H3,(H,24,25);1H. The van der Waals surface area contributed by atoms with E-state index >= 15 is 0 Å². The molecule has 0 aliphatic carbocycles. The number of aliphatic imine (C=N–C) groups is 1. The summed E-state index contributed by atoms with van der Waals surface area (Å²) in [5.74, 6) is 1.68. The number of rotatable bonds is 7. The van der Waals surface area contributed by atoms with Gasteiger partial charge in [0.05, 0.1) is 12.7 Å². The van der Waals surface area contributed by atoms with Gasteiger partial charge in [-0.25, -0.2) is 4.99 Å². The van der Waals surface area contributed by atoms with Crippen LogP contribution in [0.2, 0.25) is 0 Å². The molecular formula is C23H35IN4O3. The van der Waals surface area contributed by atoms with Crippen LogP contribution in [0.1, 0.15) is 31.7 Å². The van der Waals surface area contributed by atoms with Crippen molar-refractivity contribution in [1.82, 2.24) is 15.1 Å². The summed E-state index contributed by atoms with van der Waals surface area (Å²) in [7, 11) is 3.51. The van der Waals surface area contributed by atoms with Gasteiger partial charge in [-0.15, -0.1) is 24.0 Å². The number of ether oxygens (including phenoxy) is 2. The van der Waals surface area contributed by atoms with Crippen molar-refractivity contribution in [2.75, 3.05) is 53.5 Å². The summed E-state index contributed by atoms with van der Waals surface area (Å²) in [6.07, 6.45) is 5.57. The highest BCUT2D eigenvalue weighted by atomic mass is 127. The van der Waals surface area contributed by atoms with Crippen molar-refractivity contribution in [3.63, 3.8) is 0 Å². The van der Waals surface area contributed by atoms with Crippen LogP contribution in [0.4, 0.5) is 0 Å². The number of carbonyl (C=O) groups is 1. The molecule has 1 aromatic rings. The number of hydrogen-bond acceptors (Lipinski definition) is 4. The molecular weight excluding hydrogens is 507 g/mol. The molecule has 1 N–H and O–H groups in total. The van der Waals surface area contributed by atoms with E-state index in [9.17, 15) is 4.79 Å². The normalized spacial score (nSPS) is 18.8. The van der Waals surface area contributed by atoms with E-state index in [1.54, 1.807) is 19.0 Å². The molecule has 172 valence electrons. The van der Waals surface area contributed by atoms with Crippen LogP contribution in [0.15, 0.2) is 35.3 Å². The lowest BCUT2D eigenvalue weighted by Crippen LogP contribution is -2.46. The minimum Gasteiger partial charge on any atom is -0.494 e. The number of likely N-dealkylation sites (N-methyl/N-ethyl adjacent to an activating group) is 1. The fourth-order valence-corrected chi connectivity index (χ4v) is 3.62. The van der Waals surface area contributed by atoms with E-state index in [1.807, 2.05) is 19.1 Å². The van der Waals surface area contributed by atoms with E-state index in [1.165, 1.54) is 11.1 Å². The maximum absolute atomic E-state index is 12.0. The molecule has 2 aliphatic rings. The average Bonchev–Trinajstić information content (AvgIpc) is 3.28. The largest absolute Gasteiger partial charge is 0.494 e. The lowest BCUT2D eigenvalue weighted by Gasteiger charge is -2.30. The van der Waals surface area contributed by atoms with Gasteiger partial charge in [0.2, 0.25) is 5.91 Å². The van der Waals surface area contributed by atoms with Crippen molar-refractivity contribution in [1.29, 1.82) is 0 Å². The van der Waals surface area contributed by atoms with Gasteiger partial charge in [-0.1, -0.05) is 18.2 Å². The van der Waals surface area contributed by atoms with Crippen molar-refractivity contribution in [3.05, 3.63) is 35.9 Å². The number of guanidine groups is 1. The van der Waals surface area contributed by atoms with E-state index < -0.39 is 0 Å². The summed E-state index contributed by atoms with van der Waals surface area (Å²) in [5.41, 5.74) is 2.56. The lowest BCUT2D eigenvalue weighted by atomic mass is 9.99. The minimum atomic E-state index is -0.00551. The number of amides is 1. The summed E-state index contributed by atoms with van der Waals surface area (Å²) >= 11 is 0. The zero-order valence-electron chi connectivity index (χ0n) is 18.8. The van der Waals surface area contributed by atoms with Crippen LogP contribution < -0.4 is 10.1 Å². The maximum Gasteiger partial charge on any atom is 0.243 e. The first-order valence-electron chi connectivity index (χ1n) is 10.8. The number of nitrogens with zero attached hydrogens (tertiary/aromatic N) is 3. The zero-order valence-corrected chi connectivity index (χ0v) is 21.1. The zero-order chi connectivity index (χ0) is 21.3. The highest BCUT2D eigenvalue weighted by molar-refractivity contribution is 14.0. The molecule has 7 nitrogen and oxygen atoms in total. The number of halogens is 1. The van der Waals surface area contributed by atoms with Gasteiger partial charge in [-0.05, 0) is 49.5 Å². The van der Waals surface area contributed by atoms with Gasteiger partial charge >= 0.3 is 0 Å². The number of nitrogens with one attached hydrogen (secondary N) is 1. The van der Waals surface area contributed by atoms with Crippen molar-refractivity contribution in [3.8, 4) is 5.75 Å². The molecule has 1 atom stereocenters. The fourth-order valence-electron chi connectivity index (χ4n) is 3.62. The Morgan fingerprint density at radius 2 is 2.10 bits per heavy atom. The van der Waals surface area contributed by atoms with Crippen LogP contribution in [0.3, 0.4) is 0 Å². The second kappa shape index (κ2) is 12.9. The summed E-state index contributed by atoms with van der Waals surface area (Å²) in [4.78, 5) is 20.4. The van der Waals surface area contributed by atoms with Crippen LogP contribution in [0.25, 0.3) is 5.57 Å². The molecule has 1 fully saturated rings. The Morgan fingerprint density at radius 3 is 2.68 bits per heavy atom. The Bertz CT molecular complexity index is 759. The highest BCUT2D eigenvalue weighted by Gasteiger charge is 2.20. The van der Waals surface area contributed by atoms with Gasteiger partial charge in [0, 0.05) is 40.3 Å². The van der Waals surface area contributed by atoms with Gasteiger partial charge < -0.3 is 24.6 Å². The average molecular weight is 542 g/mol. The smallest absolute Gasteiger partial charge is 0.243 e. The van der Waals surface area contributed by atoms with Gasteiger partial charge in [0.25, 0.3) is 0 Å². The predicted molar refractivity (Wildman–Crippen MR) is 135 cm³/mol. The monoisotopic (exact) mass is 542 g/mol. The Labute approximate surface area is 202 Å². The molecule has 2 heterocycles. The minimum absolute atomic E-state index is 0. The van der Waals surface area contributed by atoms with Crippen molar-refractivity contribution in [2.24, 2.45) is 4.99 Å². The van der Waals surface area contributed by atoms with Crippen LogP contribution in [0.5, 0.6) is 5.75 Å². The second-order valence-electron chi connectivity index (χ2n) is 7.83. The number of carbonyl (C=O) groups excluding carboxylic acids is 1. The first-order chi connectivity index (χ1) is 14.6. The lowest BCUT2D eigenvalue weighted by molar-refractivity contribution is -0.127. The number of benzene rings is 1. The first-order valence-corrected chi connectivity index (χ1v) is 10.8. The molecule has 0 saturated carbocycles. The molecule has 3 rings (SSSR count). The first kappa shape index (κ1) is 25.5. The highest BCUT2D eigenvalue weighted by Crippen LogP contribution is 2.24. The number of hydrogen-bond donors (Lipinski definition) is 1. The van der Waals surface area contributed by atoms with Crippen molar-refractivity contribution < 1.29 is 14.3 Å². The summed E-state index contributed by atoms with van der Waals surface area (Å²) in [5, 5.41) is 3.44. The Morgan fingerprint density at radius 1 is 1.32 bits per heavy atom. The molecule has 0 radical (unpaired) electrons. The van der Waals surface area contributed by atoms with E-state index in [0.29, 0.717) is 6.61 Å². The third kappa shape index (κ3) is 7.68. The van der Waals surface area contributed by atoms with E-state index in [4.69, 9.17) is 9.47 Å². The van der Waals surface area contributed by atoms with E-state index in [-0.39, 0.29) is 42.5 Å². The molecule has 0 spiro atoms. The molecule has 0 bridgehead atoms. The van der Waals surface area contributed by atoms with Gasteiger partial charge in [-0.2, -0.15) is 0 Å². The van der Waals surface area contributed by atoms with Gasteiger partial charge in [0.1, 0.15) is 12.3 Å². The summed E-state index contributed by atoms with van der Waals surface area (Å²) in [6.45, 7) is 5.98. The molecule has 1 aromatic carbocycles. The maximum atomic E-state index is 12.0. The molecule has 2 aliphatic heterocycles. The Balaban J connectivity index is 0.00000341. The summed E-state index contributed by atoms with van der Waals surface area (Å²) in [6, 6.07) is 8.28. The third-order valence-corrected chi connectivity index (χ3v) is 5.42. The van der Waals surface area contributed by atoms with Crippen LogP contribution in [0, 0.1) is 0 Å². The van der Waals surface area contributed by atoms with Gasteiger partial charge in [-0.3, -0.25) is 4.79 Å².